The third-order valence-electron chi connectivity index (χ3n) is 2.64. The second kappa shape index (κ2) is 5.54. The van der Waals surface area contributed by atoms with E-state index in [4.69, 9.17) is 5.73 Å². The molecule has 0 aliphatic carbocycles. The molecule has 0 bridgehead atoms. The lowest BCUT2D eigenvalue weighted by Crippen LogP contribution is -2.16. The van der Waals surface area contributed by atoms with Crippen LogP contribution in [0.5, 0.6) is 0 Å². The summed E-state index contributed by atoms with van der Waals surface area (Å²) >= 11 is 3.22. The first-order chi connectivity index (χ1) is 8.56. The van der Waals surface area contributed by atoms with Crippen molar-refractivity contribution in [1.82, 2.24) is 9.97 Å². The van der Waals surface area contributed by atoms with Gasteiger partial charge >= 0.3 is 0 Å². The summed E-state index contributed by atoms with van der Waals surface area (Å²) in [5.74, 6) is -0.264. The van der Waals surface area contributed by atoms with Crippen LogP contribution in [-0.2, 0) is 6.42 Å². The van der Waals surface area contributed by atoms with Gasteiger partial charge in [-0.25, -0.2) is 4.39 Å². The van der Waals surface area contributed by atoms with Crippen LogP contribution in [0.1, 0.15) is 23.0 Å². The Balaban J connectivity index is 2.15. The molecule has 0 amide bonds. The third kappa shape index (κ3) is 3.11. The van der Waals surface area contributed by atoms with E-state index in [1.54, 1.807) is 24.5 Å². The van der Waals surface area contributed by atoms with Crippen molar-refractivity contribution in [1.29, 1.82) is 0 Å². The summed E-state index contributed by atoms with van der Waals surface area (Å²) in [6, 6.07) is 4.60. The van der Waals surface area contributed by atoms with E-state index in [1.165, 1.54) is 6.07 Å². The highest BCUT2D eigenvalue weighted by atomic mass is 79.9. The Kier molecular flexibility index (Phi) is 4.04. The normalized spacial score (nSPS) is 12.4. The van der Waals surface area contributed by atoms with E-state index in [1.807, 2.05) is 6.92 Å². The summed E-state index contributed by atoms with van der Waals surface area (Å²) in [5, 5.41) is 0. The van der Waals surface area contributed by atoms with Crippen molar-refractivity contribution in [2.75, 3.05) is 0 Å². The number of aryl methyl sites for hydroxylation is 1. The van der Waals surface area contributed by atoms with Crippen LogP contribution in [0.15, 0.2) is 35.1 Å². The molecule has 0 aliphatic heterocycles. The average molecular weight is 310 g/mol. The highest BCUT2D eigenvalue weighted by molar-refractivity contribution is 9.10. The minimum atomic E-state index is -0.353. The molecular formula is C13H13BrFN3. The fourth-order valence-corrected chi connectivity index (χ4v) is 1.96. The molecule has 0 fully saturated rings. The first-order valence-electron chi connectivity index (χ1n) is 5.54. The minimum Gasteiger partial charge on any atom is -0.322 e. The predicted octanol–water partition coefficient (Wildman–Crippen LogP) is 2.93. The van der Waals surface area contributed by atoms with Crippen LogP contribution in [0.4, 0.5) is 4.39 Å². The van der Waals surface area contributed by atoms with Gasteiger partial charge in [0.2, 0.25) is 0 Å². The van der Waals surface area contributed by atoms with Crippen LogP contribution in [-0.4, -0.2) is 9.97 Å². The highest BCUT2D eigenvalue weighted by Gasteiger charge is 2.12. The number of halogens is 2. The van der Waals surface area contributed by atoms with Gasteiger partial charge in [0.05, 0.1) is 23.6 Å². The standard InChI is InChI=1S/C13H13BrFN3/c1-8-6-18-13(7-17-8)12(16)4-9-2-3-10(14)5-11(9)15/h2-3,5-7,12H,4,16H2,1H3. The zero-order valence-corrected chi connectivity index (χ0v) is 11.5. The summed E-state index contributed by atoms with van der Waals surface area (Å²) in [6.45, 7) is 1.86. The lowest BCUT2D eigenvalue weighted by atomic mass is 10.0. The van der Waals surface area contributed by atoms with Gasteiger partial charge < -0.3 is 5.73 Å². The van der Waals surface area contributed by atoms with E-state index in [0.29, 0.717) is 22.2 Å². The van der Waals surface area contributed by atoms with Crippen molar-refractivity contribution in [3.05, 3.63) is 57.8 Å². The van der Waals surface area contributed by atoms with Crippen LogP contribution in [0.2, 0.25) is 0 Å². The lowest BCUT2D eigenvalue weighted by Gasteiger charge is -2.11. The van der Waals surface area contributed by atoms with Crippen molar-refractivity contribution in [2.24, 2.45) is 5.73 Å². The molecule has 0 spiro atoms. The molecule has 2 aromatic rings. The average Bonchev–Trinajstić information content (AvgIpc) is 2.33. The molecule has 2 N–H and O–H groups in total. The molecule has 5 heteroatoms. The van der Waals surface area contributed by atoms with E-state index < -0.39 is 0 Å². The molecule has 1 atom stereocenters. The molecule has 1 aromatic carbocycles. The molecule has 2 rings (SSSR count). The maximum atomic E-state index is 13.7. The maximum Gasteiger partial charge on any atom is 0.127 e. The van der Waals surface area contributed by atoms with Crippen molar-refractivity contribution >= 4 is 15.9 Å². The first-order valence-corrected chi connectivity index (χ1v) is 6.33. The smallest absolute Gasteiger partial charge is 0.127 e. The van der Waals surface area contributed by atoms with E-state index in [-0.39, 0.29) is 11.9 Å². The molecule has 3 nitrogen and oxygen atoms in total. The molecular weight excluding hydrogens is 297 g/mol. The summed E-state index contributed by atoms with van der Waals surface area (Å²) in [6.07, 6.45) is 3.70. The second-order valence-electron chi connectivity index (χ2n) is 4.13. The summed E-state index contributed by atoms with van der Waals surface area (Å²) in [5.41, 5.74) is 8.08. The van der Waals surface area contributed by atoms with Crippen molar-refractivity contribution in [3.63, 3.8) is 0 Å². The Hall–Kier alpha value is -1.33. The van der Waals surface area contributed by atoms with E-state index in [0.717, 1.165) is 5.69 Å². The number of aromatic nitrogens is 2. The Morgan fingerprint density at radius 3 is 2.72 bits per heavy atom. The van der Waals surface area contributed by atoms with Gasteiger partial charge in [0.15, 0.2) is 0 Å². The lowest BCUT2D eigenvalue weighted by molar-refractivity contribution is 0.588. The zero-order valence-electron chi connectivity index (χ0n) is 9.90. The summed E-state index contributed by atoms with van der Waals surface area (Å²) in [4.78, 5) is 8.34. The topological polar surface area (TPSA) is 51.8 Å². The van der Waals surface area contributed by atoms with Gasteiger partial charge in [-0.15, -0.1) is 0 Å². The van der Waals surface area contributed by atoms with Crippen molar-refractivity contribution in [2.45, 2.75) is 19.4 Å². The predicted molar refractivity (Wildman–Crippen MR) is 71.5 cm³/mol. The third-order valence-corrected chi connectivity index (χ3v) is 3.13. The van der Waals surface area contributed by atoms with Gasteiger partial charge in [-0.05, 0) is 31.0 Å². The van der Waals surface area contributed by atoms with E-state index >= 15 is 0 Å². The quantitative estimate of drug-likeness (QED) is 0.948. The molecule has 18 heavy (non-hydrogen) atoms. The number of benzene rings is 1. The van der Waals surface area contributed by atoms with Crippen molar-refractivity contribution in [3.8, 4) is 0 Å². The fourth-order valence-electron chi connectivity index (χ4n) is 1.62. The van der Waals surface area contributed by atoms with Gasteiger partial charge in [0, 0.05) is 10.7 Å². The molecule has 0 aliphatic rings. The van der Waals surface area contributed by atoms with Gasteiger partial charge in [-0.1, -0.05) is 22.0 Å². The summed E-state index contributed by atoms with van der Waals surface area (Å²) in [7, 11) is 0. The second-order valence-corrected chi connectivity index (χ2v) is 5.04. The van der Waals surface area contributed by atoms with Crippen LogP contribution >= 0.6 is 15.9 Å². The van der Waals surface area contributed by atoms with Gasteiger partial charge in [0.25, 0.3) is 0 Å². The Bertz CT molecular complexity index is 542. The van der Waals surface area contributed by atoms with E-state index in [2.05, 4.69) is 25.9 Å². The van der Waals surface area contributed by atoms with Gasteiger partial charge in [-0.2, -0.15) is 0 Å². The molecule has 0 radical (unpaired) electrons. The van der Waals surface area contributed by atoms with Crippen LogP contribution in [0, 0.1) is 12.7 Å². The fraction of sp³-hybridized carbons (Fsp3) is 0.231. The number of nitrogens with two attached hydrogens (primary N) is 1. The molecule has 0 saturated carbocycles. The largest absolute Gasteiger partial charge is 0.322 e. The highest BCUT2D eigenvalue weighted by Crippen LogP contribution is 2.19. The van der Waals surface area contributed by atoms with Gasteiger partial charge in [-0.3, -0.25) is 9.97 Å². The number of hydrogen-bond donors (Lipinski definition) is 1. The molecule has 1 aromatic heterocycles. The molecule has 94 valence electrons. The maximum absolute atomic E-state index is 13.7. The number of rotatable bonds is 3. The summed E-state index contributed by atoms with van der Waals surface area (Å²) < 4.78 is 14.4. The van der Waals surface area contributed by atoms with Crippen LogP contribution < -0.4 is 5.73 Å². The number of nitrogens with zero attached hydrogens (tertiary/aromatic N) is 2. The van der Waals surface area contributed by atoms with E-state index in [9.17, 15) is 4.39 Å². The Morgan fingerprint density at radius 1 is 1.33 bits per heavy atom. The number of hydrogen-bond acceptors (Lipinski definition) is 3. The minimum absolute atomic E-state index is 0.264. The monoisotopic (exact) mass is 309 g/mol. The molecule has 1 unspecified atom stereocenters. The Morgan fingerprint density at radius 2 is 2.11 bits per heavy atom. The SMILES string of the molecule is Cc1cnc(C(N)Cc2ccc(Br)cc2F)cn1. The molecule has 0 saturated heterocycles. The van der Waals surface area contributed by atoms with Crippen molar-refractivity contribution < 1.29 is 4.39 Å². The van der Waals surface area contributed by atoms with Gasteiger partial charge in [0.1, 0.15) is 5.82 Å². The van der Waals surface area contributed by atoms with Crippen LogP contribution in [0.3, 0.4) is 0 Å². The Labute approximate surface area is 113 Å². The first kappa shape index (κ1) is 13.1. The zero-order chi connectivity index (χ0) is 13.1. The molecule has 1 heterocycles. The van der Waals surface area contributed by atoms with Crippen LogP contribution in [0.25, 0.3) is 0 Å².